The largest absolute Gasteiger partial charge is 0.501 e. The van der Waals surface area contributed by atoms with Crippen LogP contribution in [-0.4, -0.2) is 21.0 Å². The second-order valence-electron chi connectivity index (χ2n) is 6.62. The Kier molecular flexibility index (Phi) is 7.01. The lowest BCUT2D eigenvalue weighted by molar-refractivity contribution is -0.138. The number of aromatic nitrogens is 2. The van der Waals surface area contributed by atoms with Crippen molar-refractivity contribution in [1.82, 2.24) is 15.3 Å². The molecule has 1 heterocycles. The fourth-order valence-electron chi connectivity index (χ4n) is 2.97. The molecule has 6 nitrogen and oxygen atoms in total. The number of nitrogens with zero attached hydrogens (tertiary/aromatic N) is 1. The zero-order chi connectivity index (χ0) is 22.6. The summed E-state index contributed by atoms with van der Waals surface area (Å²) in [4.78, 5) is 31.0. The van der Waals surface area contributed by atoms with E-state index >= 15 is 0 Å². The molecule has 0 bridgehead atoms. The van der Waals surface area contributed by atoms with E-state index < -0.39 is 47.0 Å². The Labute approximate surface area is 169 Å². The first kappa shape index (κ1) is 23.1. The molecule has 1 aromatic carbocycles. The van der Waals surface area contributed by atoms with Crippen LogP contribution in [0.5, 0.6) is 5.75 Å². The molecule has 1 atom stereocenters. The van der Waals surface area contributed by atoms with Crippen molar-refractivity contribution < 1.29 is 27.5 Å². The van der Waals surface area contributed by atoms with Gasteiger partial charge in [-0.2, -0.15) is 13.2 Å². The van der Waals surface area contributed by atoms with Crippen LogP contribution in [-0.2, 0) is 12.7 Å². The van der Waals surface area contributed by atoms with Crippen molar-refractivity contribution in [3.63, 3.8) is 0 Å². The number of hydrogen-bond donors (Lipinski definition) is 3. The van der Waals surface area contributed by atoms with Crippen LogP contribution in [0.4, 0.5) is 17.6 Å². The summed E-state index contributed by atoms with van der Waals surface area (Å²) in [6.07, 6.45) is -2.46. The van der Waals surface area contributed by atoms with Crippen LogP contribution in [0, 0.1) is 5.82 Å². The molecule has 2 rings (SSSR count). The van der Waals surface area contributed by atoms with E-state index in [1.807, 2.05) is 19.9 Å². The second-order valence-corrected chi connectivity index (χ2v) is 6.62. The van der Waals surface area contributed by atoms with Gasteiger partial charge in [0.15, 0.2) is 5.69 Å². The zero-order valence-corrected chi connectivity index (χ0v) is 16.5. The van der Waals surface area contributed by atoms with Crippen molar-refractivity contribution in [1.29, 1.82) is 0 Å². The van der Waals surface area contributed by atoms with Crippen molar-refractivity contribution in [2.45, 2.75) is 45.8 Å². The zero-order valence-electron chi connectivity index (χ0n) is 16.5. The summed E-state index contributed by atoms with van der Waals surface area (Å²) < 4.78 is 52.5. The number of rotatable bonds is 6. The molecule has 0 radical (unpaired) electrons. The molecule has 162 valence electrons. The number of carbonyl (C=O) groups is 1. The molecular weight excluding hydrogens is 406 g/mol. The Hall–Kier alpha value is -3.17. The molecule has 0 saturated heterocycles. The van der Waals surface area contributed by atoms with E-state index in [9.17, 15) is 32.3 Å². The number of allylic oxidation sites excluding steroid dienone is 2. The molecule has 1 amide bonds. The van der Waals surface area contributed by atoms with Gasteiger partial charge in [0.1, 0.15) is 11.6 Å². The number of nitrogens with one attached hydrogen (secondary N) is 2. The minimum Gasteiger partial charge on any atom is -0.501 e. The van der Waals surface area contributed by atoms with E-state index in [2.05, 4.69) is 15.3 Å². The molecule has 1 unspecified atom stereocenters. The SMILES string of the molecule is C/C=C(\C)C(CC)c1nc(C(=O)NCc2ccc(F)cc2C(F)(F)F)c(O)c(=O)[nH]1. The minimum absolute atomic E-state index is 0.152. The third-order valence-electron chi connectivity index (χ3n) is 4.69. The molecule has 2 aromatic rings. The van der Waals surface area contributed by atoms with E-state index in [-0.39, 0.29) is 17.3 Å². The number of H-pyrrole nitrogens is 1. The third-order valence-corrected chi connectivity index (χ3v) is 4.69. The fraction of sp³-hybridized carbons (Fsp3) is 0.350. The topological polar surface area (TPSA) is 95.1 Å². The third kappa shape index (κ3) is 5.05. The number of halogens is 4. The van der Waals surface area contributed by atoms with Crippen LogP contribution in [0.15, 0.2) is 34.6 Å². The lowest BCUT2D eigenvalue weighted by Crippen LogP contribution is -2.28. The quantitative estimate of drug-likeness (QED) is 0.479. The van der Waals surface area contributed by atoms with Crippen molar-refractivity contribution in [2.24, 2.45) is 0 Å². The van der Waals surface area contributed by atoms with E-state index in [1.165, 1.54) is 0 Å². The number of carbonyl (C=O) groups excluding carboxylic acids is 1. The molecule has 10 heteroatoms. The first-order valence-electron chi connectivity index (χ1n) is 9.09. The maximum absolute atomic E-state index is 13.2. The second kappa shape index (κ2) is 9.10. The van der Waals surface area contributed by atoms with Gasteiger partial charge in [-0.15, -0.1) is 0 Å². The minimum atomic E-state index is -4.82. The van der Waals surface area contributed by atoms with Gasteiger partial charge in [-0.25, -0.2) is 9.37 Å². The average Bonchev–Trinajstić information content (AvgIpc) is 2.68. The Bertz CT molecular complexity index is 1030. The molecule has 0 saturated carbocycles. The fourth-order valence-corrected chi connectivity index (χ4v) is 2.97. The van der Waals surface area contributed by atoms with Gasteiger partial charge in [0.2, 0.25) is 5.75 Å². The number of alkyl halides is 3. The smallest absolute Gasteiger partial charge is 0.416 e. The summed E-state index contributed by atoms with van der Waals surface area (Å²) in [6.45, 7) is 4.85. The summed E-state index contributed by atoms with van der Waals surface area (Å²) >= 11 is 0. The average molecular weight is 427 g/mol. The lowest BCUT2D eigenvalue weighted by atomic mass is 9.96. The summed E-state index contributed by atoms with van der Waals surface area (Å²) in [6, 6.07) is 2.06. The summed E-state index contributed by atoms with van der Waals surface area (Å²) in [7, 11) is 0. The normalized spacial score (nSPS) is 13.2. The van der Waals surface area contributed by atoms with Crippen LogP contribution < -0.4 is 10.9 Å². The predicted molar refractivity (Wildman–Crippen MR) is 102 cm³/mol. The van der Waals surface area contributed by atoms with Gasteiger partial charge < -0.3 is 15.4 Å². The lowest BCUT2D eigenvalue weighted by Gasteiger charge is -2.16. The first-order chi connectivity index (χ1) is 14.0. The molecule has 0 spiro atoms. The van der Waals surface area contributed by atoms with Gasteiger partial charge in [-0.3, -0.25) is 9.59 Å². The van der Waals surface area contributed by atoms with Crippen molar-refractivity contribution >= 4 is 5.91 Å². The number of amides is 1. The highest BCUT2D eigenvalue weighted by molar-refractivity contribution is 5.94. The van der Waals surface area contributed by atoms with E-state index in [0.29, 0.717) is 12.5 Å². The Morgan fingerprint density at radius 1 is 1.37 bits per heavy atom. The standard InChI is InChI=1S/C20H21F4N3O3/c1-4-10(3)13(5-2)17-26-15(16(28)19(30)27-17)18(29)25-9-11-6-7-12(21)8-14(11)20(22,23)24/h4,6-8,13,28H,5,9H2,1-3H3,(H,25,29)(H,26,27,30)/b10-4+. The van der Waals surface area contributed by atoms with Gasteiger partial charge in [0.05, 0.1) is 5.56 Å². The highest BCUT2D eigenvalue weighted by Gasteiger charge is 2.34. The summed E-state index contributed by atoms with van der Waals surface area (Å²) in [5.74, 6) is -3.21. The van der Waals surface area contributed by atoms with Crippen LogP contribution in [0.2, 0.25) is 0 Å². The van der Waals surface area contributed by atoms with Crippen LogP contribution in [0.1, 0.15) is 60.5 Å². The monoisotopic (exact) mass is 427 g/mol. The molecule has 0 aliphatic heterocycles. The predicted octanol–water partition coefficient (Wildman–Crippen LogP) is 4.02. The number of aromatic amines is 1. The molecule has 1 aromatic heterocycles. The van der Waals surface area contributed by atoms with Gasteiger partial charge in [0, 0.05) is 12.5 Å². The maximum atomic E-state index is 13.2. The van der Waals surface area contributed by atoms with Crippen molar-refractivity contribution in [3.8, 4) is 5.75 Å². The van der Waals surface area contributed by atoms with Crippen LogP contribution in [0.25, 0.3) is 0 Å². The van der Waals surface area contributed by atoms with E-state index in [1.54, 1.807) is 6.92 Å². The Morgan fingerprint density at radius 3 is 2.60 bits per heavy atom. The Balaban J connectivity index is 2.36. The first-order valence-corrected chi connectivity index (χ1v) is 9.09. The van der Waals surface area contributed by atoms with Crippen LogP contribution >= 0.6 is 0 Å². The highest BCUT2D eigenvalue weighted by Crippen LogP contribution is 2.32. The molecule has 0 aliphatic carbocycles. The van der Waals surface area contributed by atoms with Gasteiger partial charge in [-0.1, -0.05) is 24.6 Å². The maximum Gasteiger partial charge on any atom is 0.416 e. The highest BCUT2D eigenvalue weighted by atomic mass is 19.4. The number of benzene rings is 1. The van der Waals surface area contributed by atoms with E-state index in [0.717, 1.165) is 17.7 Å². The Morgan fingerprint density at radius 2 is 2.03 bits per heavy atom. The summed E-state index contributed by atoms with van der Waals surface area (Å²) in [5, 5.41) is 12.1. The van der Waals surface area contributed by atoms with Gasteiger partial charge in [0.25, 0.3) is 11.5 Å². The molecule has 30 heavy (non-hydrogen) atoms. The van der Waals surface area contributed by atoms with Crippen LogP contribution in [0.3, 0.4) is 0 Å². The van der Waals surface area contributed by atoms with E-state index in [4.69, 9.17) is 0 Å². The molecule has 0 aliphatic rings. The van der Waals surface area contributed by atoms with Gasteiger partial charge in [-0.05, 0) is 38.0 Å². The van der Waals surface area contributed by atoms with Gasteiger partial charge >= 0.3 is 6.18 Å². The number of hydrogen-bond acceptors (Lipinski definition) is 4. The molecule has 3 N–H and O–H groups in total. The van der Waals surface area contributed by atoms with Crippen molar-refractivity contribution in [2.75, 3.05) is 0 Å². The molecule has 0 fully saturated rings. The van der Waals surface area contributed by atoms with Crippen molar-refractivity contribution in [3.05, 3.63) is 68.7 Å². The summed E-state index contributed by atoms with van der Waals surface area (Å²) in [5.41, 5.74) is -2.28. The molecular formula is C20H21F4N3O3. The number of aromatic hydroxyl groups is 1.